The summed E-state index contributed by atoms with van der Waals surface area (Å²) in [5.74, 6) is -0.100. The molecule has 1 aromatic carbocycles. The normalized spacial score (nSPS) is 11.5. The molecule has 3 heterocycles. The highest BCUT2D eigenvalue weighted by atomic mass is 32.1. The number of pyridine rings is 1. The molecule has 0 aliphatic heterocycles. The fourth-order valence-electron chi connectivity index (χ4n) is 4.04. The van der Waals surface area contributed by atoms with Crippen LogP contribution in [-0.2, 0) is 4.79 Å². The van der Waals surface area contributed by atoms with Crippen LogP contribution in [0.15, 0.2) is 48.1 Å². The molecule has 0 saturated heterocycles. The zero-order valence-electron chi connectivity index (χ0n) is 20.3. The molecule has 0 fully saturated rings. The number of allylic oxidation sites excluding steroid dienone is 1. The van der Waals surface area contributed by atoms with Gasteiger partial charge < -0.3 is 10.3 Å². The van der Waals surface area contributed by atoms with Crippen molar-refractivity contribution in [1.82, 2.24) is 20.3 Å². The Morgan fingerprint density at radius 3 is 2.71 bits per heavy atom. The van der Waals surface area contributed by atoms with Gasteiger partial charge in [0.1, 0.15) is 5.01 Å². The monoisotopic (exact) mass is 484 g/mol. The summed E-state index contributed by atoms with van der Waals surface area (Å²) in [6.45, 7) is 8.40. The summed E-state index contributed by atoms with van der Waals surface area (Å²) in [5.41, 5.74) is 8.10. The Hall–Kier alpha value is -3.84. The van der Waals surface area contributed by atoms with E-state index in [9.17, 15) is 9.59 Å². The quantitative estimate of drug-likeness (QED) is 0.237. The van der Waals surface area contributed by atoms with Crippen LogP contribution in [0.2, 0.25) is 0 Å². The summed E-state index contributed by atoms with van der Waals surface area (Å²) in [6, 6.07) is 9.90. The van der Waals surface area contributed by atoms with Gasteiger partial charge in [0.05, 0.1) is 11.3 Å². The van der Waals surface area contributed by atoms with Crippen molar-refractivity contribution in [1.29, 1.82) is 0 Å². The van der Waals surface area contributed by atoms with E-state index in [0.29, 0.717) is 17.7 Å². The highest BCUT2D eigenvalue weighted by Crippen LogP contribution is 2.31. The Balaban J connectivity index is 1.70. The van der Waals surface area contributed by atoms with E-state index in [4.69, 9.17) is 4.98 Å². The molecule has 0 saturated carbocycles. The Labute approximate surface area is 209 Å². The van der Waals surface area contributed by atoms with E-state index in [1.54, 1.807) is 23.7 Å². The lowest BCUT2D eigenvalue weighted by Gasteiger charge is -2.08. The van der Waals surface area contributed by atoms with Crippen LogP contribution < -0.4 is 5.32 Å². The number of aromatic nitrogens is 3. The molecule has 0 bridgehead atoms. The molecule has 6 nitrogen and oxygen atoms in total. The second-order valence-electron chi connectivity index (χ2n) is 8.45. The zero-order chi connectivity index (χ0) is 24.9. The summed E-state index contributed by atoms with van der Waals surface area (Å²) < 4.78 is 0. The average molecular weight is 485 g/mol. The molecular formula is C28H28N4O2S. The van der Waals surface area contributed by atoms with E-state index in [-0.39, 0.29) is 5.91 Å². The number of nitrogens with one attached hydrogen (secondary N) is 2. The first-order valence-electron chi connectivity index (χ1n) is 11.5. The Kier molecular flexibility index (Phi) is 7.36. The number of carbonyl (C=O) groups is 2. The number of carbonyl (C=O) groups excluding carboxylic acids is 2. The van der Waals surface area contributed by atoms with Crippen LogP contribution in [0.1, 0.15) is 51.8 Å². The molecule has 7 heteroatoms. The molecule has 4 aromatic rings. The predicted octanol–water partition coefficient (Wildman–Crippen LogP) is 6.00. The van der Waals surface area contributed by atoms with Crippen molar-refractivity contribution >= 4 is 35.2 Å². The van der Waals surface area contributed by atoms with Gasteiger partial charge in [-0.25, -0.2) is 4.98 Å². The second-order valence-corrected chi connectivity index (χ2v) is 9.30. The number of amides is 1. The van der Waals surface area contributed by atoms with E-state index >= 15 is 0 Å². The first-order chi connectivity index (χ1) is 16.9. The van der Waals surface area contributed by atoms with Crippen molar-refractivity contribution in [2.45, 2.75) is 34.1 Å². The predicted molar refractivity (Wildman–Crippen MR) is 142 cm³/mol. The van der Waals surface area contributed by atoms with Crippen LogP contribution in [0.5, 0.6) is 0 Å². The third-order valence-corrected chi connectivity index (χ3v) is 6.81. The van der Waals surface area contributed by atoms with Gasteiger partial charge in [0.15, 0.2) is 6.29 Å². The van der Waals surface area contributed by atoms with Crippen LogP contribution in [-0.4, -0.2) is 33.7 Å². The molecule has 4 rings (SSSR count). The Morgan fingerprint density at radius 1 is 1.17 bits per heavy atom. The SMILES string of the molecule is CCCNC(=O)c1c(C)[nH]c(/C=C(\C=O)c2cc(-c3csc(-c4cccnc4)n3)ccc2C)c1C. The van der Waals surface area contributed by atoms with E-state index in [1.807, 2.05) is 69.5 Å². The minimum atomic E-state index is -0.100. The topological polar surface area (TPSA) is 87.7 Å². The maximum atomic E-state index is 12.6. The van der Waals surface area contributed by atoms with E-state index in [1.165, 1.54) is 0 Å². The smallest absolute Gasteiger partial charge is 0.253 e. The van der Waals surface area contributed by atoms with Crippen LogP contribution in [0.25, 0.3) is 33.5 Å². The highest BCUT2D eigenvalue weighted by Gasteiger charge is 2.18. The molecule has 0 unspecified atom stereocenters. The van der Waals surface area contributed by atoms with Gasteiger partial charge in [-0.2, -0.15) is 0 Å². The van der Waals surface area contributed by atoms with Crippen molar-refractivity contribution < 1.29 is 9.59 Å². The standard InChI is InChI=1S/C28H28N4O2S/c1-5-10-30-27(34)26-18(3)24(31-19(26)4)13-22(15-33)23-12-20(9-8-17(23)2)25-16-35-28(32-25)21-7-6-11-29-14-21/h6-9,11-16,31H,5,10H2,1-4H3,(H,30,34)/b22-13+. The van der Waals surface area contributed by atoms with Gasteiger partial charge in [-0.05, 0) is 68.2 Å². The molecule has 3 aromatic heterocycles. The molecule has 178 valence electrons. The van der Waals surface area contributed by atoms with Crippen molar-refractivity contribution in [3.8, 4) is 21.8 Å². The molecule has 1 amide bonds. The molecule has 35 heavy (non-hydrogen) atoms. The number of hydrogen-bond donors (Lipinski definition) is 2. The van der Waals surface area contributed by atoms with Crippen LogP contribution in [0, 0.1) is 20.8 Å². The first kappa shape index (κ1) is 24.3. The van der Waals surface area contributed by atoms with Crippen molar-refractivity contribution in [3.05, 3.63) is 81.7 Å². The van der Waals surface area contributed by atoms with Crippen molar-refractivity contribution in [3.63, 3.8) is 0 Å². The maximum absolute atomic E-state index is 12.6. The molecule has 2 N–H and O–H groups in total. The second kappa shape index (κ2) is 10.6. The summed E-state index contributed by atoms with van der Waals surface area (Å²) in [7, 11) is 0. The minimum Gasteiger partial charge on any atom is -0.358 e. The van der Waals surface area contributed by atoms with Gasteiger partial charge in [0, 0.05) is 52.4 Å². The summed E-state index contributed by atoms with van der Waals surface area (Å²) >= 11 is 1.56. The first-order valence-corrected chi connectivity index (χ1v) is 12.4. The zero-order valence-corrected chi connectivity index (χ0v) is 21.1. The molecule has 0 atom stereocenters. The van der Waals surface area contributed by atoms with Gasteiger partial charge in [-0.15, -0.1) is 11.3 Å². The number of nitrogens with zero attached hydrogens (tertiary/aromatic N) is 2. The summed E-state index contributed by atoms with van der Waals surface area (Å²) in [6.07, 6.45) is 7.09. The largest absolute Gasteiger partial charge is 0.358 e. The van der Waals surface area contributed by atoms with Gasteiger partial charge in [-0.1, -0.05) is 19.1 Å². The number of aryl methyl sites for hydroxylation is 2. The molecule has 0 aliphatic carbocycles. The molecule has 0 radical (unpaired) electrons. The summed E-state index contributed by atoms with van der Waals surface area (Å²) in [5, 5.41) is 5.84. The maximum Gasteiger partial charge on any atom is 0.253 e. The average Bonchev–Trinajstić information content (AvgIpc) is 3.47. The minimum absolute atomic E-state index is 0.100. The lowest BCUT2D eigenvalue weighted by atomic mass is 9.96. The number of rotatable bonds is 8. The van der Waals surface area contributed by atoms with Crippen molar-refractivity contribution in [2.75, 3.05) is 6.54 Å². The van der Waals surface area contributed by atoms with Crippen LogP contribution in [0.3, 0.4) is 0 Å². The third kappa shape index (κ3) is 5.15. The van der Waals surface area contributed by atoms with Crippen LogP contribution >= 0.6 is 11.3 Å². The fourth-order valence-corrected chi connectivity index (χ4v) is 4.86. The van der Waals surface area contributed by atoms with Crippen LogP contribution in [0.4, 0.5) is 0 Å². The lowest BCUT2D eigenvalue weighted by Crippen LogP contribution is -2.24. The van der Waals surface area contributed by atoms with Crippen molar-refractivity contribution in [2.24, 2.45) is 0 Å². The number of hydrogen-bond acceptors (Lipinski definition) is 5. The number of aldehydes is 1. The Bertz CT molecular complexity index is 1400. The third-order valence-electron chi connectivity index (χ3n) is 5.92. The van der Waals surface area contributed by atoms with Gasteiger partial charge in [-0.3, -0.25) is 14.6 Å². The van der Waals surface area contributed by atoms with Gasteiger partial charge in [0.2, 0.25) is 0 Å². The number of H-pyrrole nitrogens is 1. The van der Waals surface area contributed by atoms with Gasteiger partial charge in [0.25, 0.3) is 5.91 Å². The van der Waals surface area contributed by atoms with E-state index in [0.717, 1.165) is 62.6 Å². The number of benzene rings is 1. The molecule has 0 aliphatic rings. The number of aromatic amines is 1. The molecule has 0 spiro atoms. The number of thiazole rings is 1. The Morgan fingerprint density at radius 2 is 2.00 bits per heavy atom. The lowest BCUT2D eigenvalue weighted by molar-refractivity contribution is -0.103. The molecular weight excluding hydrogens is 456 g/mol. The van der Waals surface area contributed by atoms with E-state index in [2.05, 4.69) is 15.3 Å². The fraction of sp³-hybridized carbons (Fsp3) is 0.214. The summed E-state index contributed by atoms with van der Waals surface area (Å²) in [4.78, 5) is 37.0. The highest BCUT2D eigenvalue weighted by molar-refractivity contribution is 7.13. The van der Waals surface area contributed by atoms with E-state index < -0.39 is 0 Å². The van der Waals surface area contributed by atoms with Gasteiger partial charge >= 0.3 is 0 Å².